The molecule has 0 amide bonds. The molecule has 8 heteroatoms. The number of nitrogens with one attached hydrogen (secondary N) is 1. The molecule has 5 rings (SSSR count). The monoisotopic (exact) mass is 385 g/mol. The van der Waals surface area contributed by atoms with Crippen molar-refractivity contribution in [3.8, 4) is 0 Å². The van der Waals surface area contributed by atoms with Crippen LogP contribution in [0.4, 0.5) is 5.82 Å². The number of nitrogens with zero attached hydrogens (tertiary/aromatic N) is 4. The first-order valence-corrected chi connectivity index (χ1v) is 10.1. The number of H-pyrrole nitrogens is 1. The Hall–Kier alpha value is -2.03. The average molecular weight is 385 g/mol. The first-order valence-electron chi connectivity index (χ1n) is 9.32. The molecule has 0 radical (unpaired) electrons. The third kappa shape index (κ3) is 2.74. The molecule has 1 N–H and O–H groups in total. The van der Waals surface area contributed by atoms with Crippen LogP contribution in [0.3, 0.4) is 0 Å². The van der Waals surface area contributed by atoms with Crippen molar-refractivity contribution in [3.63, 3.8) is 0 Å². The van der Waals surface area contributed by atoms with Gasteiger partial charge in [0.25, 0.3) is 5.56 Å². The zero-order valence-corrected chi connectivity index (χ0v) is 16.7. The quantitative estimate of drug-likeness (QED) is 0.692. The van der Waals surface area contributed by atoms with Gasteiger partial charge in [0.05, 0.1) is 24.1 Å². The fraction of sp³-hybridized carbons (Fsp3) is 0.526. The summed E-state index contributed by atoms with van der Waals surface area (Å²) in [6.45, 7) is 8.73. The van der Waals surface area contributed by atoms with E-state index in [4.69, 9.17) is 9.72 Å². The standard InChI is InChI=1S/C19H23N5O2S/c1-19(2)8-11-12(9-26-19)16(24-6-4-23(3)5-7-24)22-18-13(11)14-15(27-18)17(25)21-10-20-14/h10H,4-9H2,1-3H3,(H,20,21,25). The van der Waals surface area contributed by atoms with Gasteiger partial charge in [0.15, 0.2) is 0 Å². The van der Waals surface area contributed by atoms with Crippen molar-refractivity contribution in [3.05, 3.63) is 27.8 Å². The molecule has 0 aliphatic carbocycles. The number of ether oxygens (including phenoxy) is 1. The number of hydrogen-bond donors (Lipinski definition) is 1. The first-order chi connectivity index (χ1) is 12.9. The highest BCUT2D eigenvalue weighted by Gasteiger charge is 2.33. The van der Waals surface area contributed by atoms with E-state index in [-0.39, 0.29) is 11.2 Å². The number of thiophene rings is 1. The van der Waals surface area contributed by atoms with Gasteiger partial charge in [0, 0.05) is 43.5 Å². The van der Waals surface area contributed by atoms with Gasteiger partial charge < -0.3 is 19.5 Å². The fourth-order valence-corrected chi connectivity index (χ4v) is 5.13. The van der Waals surface area contributed by atoms with Gasteiger partial charge in [-0.2, -0.15) is 0 Å². The van der Waals surface area contributed by atoms with Crippen molar-refractivity contribution >= 4 is 37.6 Å². The van der Waals surface area contributed by atoms with E-state index in [0.29, 0.717) is 11.3 Å². The molecule has 0 atom stereocenters. The predicted molar refractivity (Wildman–Crippen MR) is 108 cm³/mol. The van der Waals surface area contributed by atoms with E-state index in [9.17, 15) is 4.79 Å². The summed E-state index contributed by atoms with van der Waals surface area (Å²) in [5, 5.41) is 1.03. The van der Waals surface area contributed by atoms with E-state index in [0.717, 1.165) is 59.7 Å². The van der Waals surface area contributed by atoms with Crippen LogP contribution in [0.2, 0.25) is 0 Å². The van der Waals surface area contributed by atoms with E-state index in [2.05, 4.69) is 40.7 Å². The molecule has 3 aromatic heterocycles. The second-order valence-electron chi connectivity index (χ2n) is 8.10. The molecule has 0 saturated carbocycles. The Labute approximate surface area is 161 Å². The molecule has 0 spiro atoms. The molecule has 5 heterocycles. The van der Waals surface area contributed by atoms with Crippen molar-refractivity contribution in [2.24, 2.45) is 0 Å². The van der Waals surface area contributed by atoms with Crippen LogP contribution in [-0.4, -0.2) is 58.7 Å². The Morgan fingerprint density at radius 2 is 2.00 bits per heavy atom. The SMILES string of the molecule is CN1CCN(c2nc3sc4c(=O)[nH]cnc4c3c3c2COC(C)(C)C3)CC1. The van der Waals surface area contributed by atoms with Gasteiger partial charge in [-0.1, -0.05) is 0 Å². The normalized spacial score (nSPS) is 20.3. The lowest BCUT2D eigenvalue weighted by molar-refractivity contribution is -0.0395. The van der Waals surface area contributed by atoms with E-state index in [1.165, 1.54) is 23.2 Å². The Balaban J connectivity index is 1.79. The molecule has 142 valence electrons. The highest BCUT2D eigenvalue weighted by Crippen LogP contribution is 2.42. The van der Waals surface area contributed by atoms with E-state index in [1.54, 1.807) is 0 Å². The van der Waals surface area contributed by atoms with Gasteiger partial charge in [0.2, 0.25) is 0 Å². The van der Waals surface area contributed by atoms with Gasteiger partial charge in [-0.3, -0.25) is 4.79 Å². The number of likely N-dealkylation sites (N-methyl/N-ethyl adjacent to an activating group) is 1. The third-order valence-electron chi connectivity index (χ3n) is 5.62. The van der Waals surface area contributed by atoms with Gasteiger partial charge in [-0.15, -0.1) is 11.3 Å². The Morgan fingerprint density at radius 3 is 2.78 bits per heavy atom. The summed E-state index contributed by atoms with van der Waals surface area (Å²) >= 11 is 1.44. The molecule has 1 saturated heterocycles. The largest absolute Gasteiger partial charge is 0.370 e. The topological polar surface area (TPSA) is 74.4 Å². The van der Waals surface area contributed by atoms with Gasteiger partial charge in [-0.05, 0) is 26.5 Å². The third-order valence-corrected chi connectivity index (χ3v) is 6.69. The Kier molecular flexibility index (Phi) is 3.79. The van der Waals surface area contributed by atoms with Crippen LogP contribution in [0.1, 0.15) is 25.0 Å². The predicted octanol–water partition coefficient (Wildman–Crippen LogP) is 2.14. The summed E-state index contributed by atoms with van der Waals surface area (Å²) in [4.78, 5) is 30.1. The van der Waals surface area contributed by atoms with Crippen LogP contribution >= 0.6 is 11.3 Å². The summed E-state index contributed by atoms with van der Waals surface area (Å²) < 4.78 is 6.80. The van der Waals surface area contributed by atoms with E-state index >= 15 is 0 Å². The summed E-state index contributed by atoms with van der Waals surface area (Å²) in [6, 6.07) is 0. The van der Waals surface area contributed by atoms with Crippen molar-refractivity contribution in [1.29, 1.82) is 0 Å². The van der Waals surface area contributed by atoms with Gasteiger partial charge >= 0.3 is 0 Å². The fourth-order valence-electron chi connectivity index (χ4n) is 4.08. The molecule has 0 aromatic carbocycles. The molecule has 0 bridgehead atoms. The molecule has 3 aromatic rings. The zero-order chi connectivity index (χ0) is 18.8. The van der Waals surface area contributed by atoms with Crippen LogP contribution in [0, 0.1) is 0 Å². The highest BCUT2D eigenvalue weighted by molar-refractivity contribution is 7.25. The lowest BCUT2D eigenvalue weighted by Crippen LogP contribution is -2.45. The number of fused-ring (bicyclic) bond motifs is 5. The average Bonchev–Trinajstić information content (AvgIpc) is 3.01. The summed E-state index contributed by atoms with van der Waals surface area (Å²) in [7, 11) is 2.15. The second kappa shape index (κ2) is 5.98. The second-order valence-corrected chi connectivity index (χ2v) is 9.10. The highest BCUT2D eigenvalue weighted by atomic mass is 32.1. The van der Waals surface area contributed by atoms with Crippen LogP contribution in [-0.2, 0) is 17.8 Å². The summed E-state index contributed by atoms with van der Waals surface area (Å²) in [5.41, 5.74) is 2.84. The zero-order valence-electron chi connectivity index (χ0n) is 15.8. The summed E-state index contributed by atoms with van der Waals surface area (Å²) in [5.74, 6) is 1.02. The number of anilines is 1. The molecule has 27 heavy (non-hydrogen) atoms. The molecular weight excluding hydrogens is 362 g/mol. The maximum Gasteiger partial charge on any atom is 0.268 e. The lowest BCUT2D eigenvalue weighted by atomic mass is 9.90. The van der Waals surface area contributed by atoms with Crippen molar-refractivity contribution in [2.75, 3.05) is 38.1 Å². The van der Waals surface area contributed by atoms with E-state index in [1.807, 2.05) is 0 Å². The van der Waals surface area contributed by atoms with E-state index < -0.39 is 0 Å². The molecular formula is C19H23N5O2S. The van der Waals surface area contributed by atoms with Gasteiger partial charge in [-0.25, -0.2) is 9.97 Å². The number of aromatic amines is 1. The molecule has 7 nitrogen and oxygen atoms in total. The van der Waals surface area contributed by atoms with Gasteiger partial charge in [0.1, 0.15) is 15.3 Å². The minimum Gasteiger partial charge on any atom is -0.370 e. The number of pyridine rings is 1. The number of aromatic nitrogens is 3. The number of piperazine rings is 1. The minimum atomic E-state index is -0.240. The van der Waals surface area contributed by atoms with Crippen molar-refractivity contribution in [2.45, 2.75) is 32.5 Å². The van der Waals surface area contributed by atoms with Crippen LogP contribution in [0.25, 0.3) is 20.4 Å². The molecule has 0 unspecified atom stereocenters. The van der Waals surface area contributed by atoms with Crippen LogP contribution < -0.4 is 10.5 Å². The van der Waals surface area contributed by atoms with Crippen LogP contribution in [0.15, 0.2) is 11.1 Å². The van der Waals surface area contributed by atoms with Crippen LogP contribution in [0.5, 0.6) is 0 Å². The maximum atomic E-state index is 12.3. The summed E-state index contributed by atoms with van der Waals surface area (Å²) in [6.07, 6.45) is 2.28. The Bertz CT molecular complexity index is 1090. The smallest absolute Gasteiger partial charge is 0.268 e. The van der Waals surface area contributed by atoms with Crippen molar-refractivity contribution < 1.29 is 4.74 Å². The minimum absolute atomic E-state index is 0.0933. The molecule has 2 aliphatic rings. The Morgan fingerprint density at radius 1 is 1.22 bits per heavy atom. The first kappa shape index (κ1) is 17.1. The lowest BCUT2D eigenvalue weighted by Gasteiger charge is -2.38. The number of rotatable bonds is 1. The molecule has 1 fully saturated rings. The van der Waals surface area contributed by atoms with Crippen molar-refractivity contribution in [1.82, 2.24) is 19.9 Å². The maximum absolute atomic E-state index is 12.3. The number of hydrogen-bond acceptors (Lipinski definition) is 7. The molecule has 2 aliphatic heterocycles.